The average Bonchev–Trinajstić information content (AvgIpc) is 3.18. The van der Waals surface area contributed by atoms with Gasteiger partial charge in [-0.15, -0.1) is 5.10 Å². The first kappa shape index (κ1) is 15.0. The van der Waals surface area contributed by atoms with Crippen LogP contribution in [0.1, 0.15) is 43.6 Å². The van der Waals surface area contributed by atoms with Crippen molar-refractivity contribution in [2.75, 3.05) is 13.7 Å². The first-order valence-electron chi connectivity index (χ1n) is 7.95. The van der Waals surface area contributed by atoms with Crippen molar-refractivity contribution in [1.29, 1.82) is 0 Å². The van der Waals surface area contributed by atoms with Crippen molar-refractivity contribution >= 4 is 0 Å². The van der Waals surface area contributed by atoms with Gasteiger partial charge in [0.1, 0.15) is 5.75 Å². The SMILES string of the molecule is CCCn1nnnc1CN1CCCC1c1cccc(OC)c1. The standard InChI is InChI=1S/C16H23N5O/c1-3-9-21-16(17-18-19-21)12-20-10-5-8-15(20)13-6-4-7-14(11-13)22-2/h4,6-7,11,15H,3,5,8-10,12H2,1-2H3. The van der Waals surface area contributed by atoms with Crippen LogP contribution in [0.2, 0.25) is 0 Å². The number of hydrogen-bond acceptors (Lipinski definition) is 5. The lowest BCUT2D eigenvalue weighted by Gasteiger charge is -2.24. The molecule has 1 aromatic heterocycles. The highest BCUT2D eigenvalue weighted by atomic mass is 16.5. The van der Waals surface area contributed by atoms with Gasteiger partial charge in [0.25, 0.3) is 0 Å². The van der Waals surface area contributed by atoms with E-state index in [1.54, 1.807) is 7.11 Å². The van der Waals surface area contributed by atoms with Crippen LogP contribution in [0.15, 0.2) is 24.3 Å². The third-order valence-corrected chi connectivity index (χ3v) is 4.23. The Labute approximate surface area is 131 Å². The van der Waals surface area contributed by atoms with Crippen LogP contribution in [-0.4, -0.2) is 38.8 Å². The van der Waals surface area contributed by atoms with Crippen molar-refractivity contribution < 1.29 is 4.74 Å². The molecule has 0 aliphatic carbocycles. The minimum atomic E-state index is 0.418. The summed E-state index contributed by atoms with van der Waals surface area (Å²) in [5, 5.41) is 12.1. The molecule has 0 amide bonds. The Morgan fingerprint density at radius 3 is 3.09 bits per heavy atom. The van der Waals surface area contributed by atoms with Gasteiger partial charge in [-0.05, 0) is 53.9 Å². The van der Waals surface area contributed by atoms with Gasteiger partial charge < -0.3 is 4.74 Å². The van der Waals surface area contributed by atoms with Crippen LogP contribution >= 0.6 is 0 Å². The second-order valence-corrected chi connectivity index (χ2v) is 5.72. The number of ether oxygens (including phenoxy) is 1. The van der Waals surface area contributed by atoms with Crippen LogP contribution in [0.4, 0.5) is 0 Å². The molecule has 1 aromatic carbocycles. The monoisotopic (exact) mass is 301 g/mol. The van der Waals surface area contributed by atoms with Crippen molar-refractivity contribution in [3.8, 4) is 5.75 Å². The smallest absolute Gasteiger partial charge is 0.165 e. The second-order valence-electron chi connectivity index (χ2n) is 5.72. The number of tetrazole rings is 1. The van der Waals surface area contributed by atoms with E-state index in [4.69, 9.17) is 4.74 Å². The number of aromatic nitrogens is 4. The number of rotatable bonds is 6. The molecule has 1 saturated heterocycles. The van der Waals surface area contributed by atoms with Crippen LogP contribution < -0.4 is 4.74 Å². The van der Waals surface area contributed by atoms with E-state index in [0.29, 0.717) is 6.04 Å². The summed E-state index contributed by atoms with van der Waals surface area (Å²) in [4.78, 5) is 2.46. The number of hydrogen-bond donors (Lipinski definition) is 0. The zero-order valence-corrected chi connectivity index (χ0v) is 13.3. The van der Waals surface area contributed by atoms with E-state index in [1.807, 2.05) is 10.7 Å². The lowest BCUT2D eigenvalue weighted by Crippen LogP contribution is -2.25. The van der Waals surface area contributed by atoms with Crippen LogP contribution in [0.5, 0.6) is 5.75 Å². The summed E-state index contributed by atoms with van der Waals surface area (Å²) in [7, 11) is 1.71. The third kappa shape index (κ3) is 3.11. The van der Waals surface area contributed by atoms with Crippen LogP contribution in [0.3, 0.4) is 0 Å². The van der Waals surface area contributed by atoms with Crippen molar-refractivity contribution in [3.63, 3.8) is 0 Å². The molecule has 6 heteroatoms. The zero-order valence-electron chi connectivity index (χ0n) is 13.3. The summed E-state index contributed by atoms with van der Waals surface area (Å²) < 4.78 is 7.27. The summed E-state index contributed by atoms with van der Waals surface area (Å²) in [5.74, 6) is 1.87. The third-order valence-electron chi connectivity index (χ3n) is 4.23. The molecule has 0 N–H and O–H groups in total. The molecule has 118 valence electrons. The van der Waals surface area contributed by atoms with E-state index in [-0.39, 0.29) is 0 Å². The zero-order chi connectivity index (χ0) is 15.4. The summed E-state index contributed by atoms with van der Waals surface area (Å²) in [5.41, 5.74) is 1.31. The van der Waals surface area contributed by atoms with E-state index < -0.39 is 0 Å². The number of likely N-dealkylation sites (tertiary alicyclic amines) is 1. The fourth-order valence-corrected chi connectivity index (χ4v) is 3.15. The fourth-order valence-electron chi connectivity index (χ4n) is 3.15. The van der Waals surface area contributed by atoms with Gasteiger partial charge in [-0.2, -0.15) is 0 Å². The summed E-state index contributed by atoms with van der Waals surface area (Å²) in [6.45, 7) is 4.90. The van der Waals surface area contributed by atoms with E-state index in [2.05, 4.69) is 45.5 Å². The molecule has 2 heterocycles. The molecule has 22 heavy (non-hydrogen) atoms. The van der Waals surface area contributed by atoms with E-state index in [9.17, 15) is 0 Å². The van der Waals surface area contributed by atoms with Gasteiger partial charge in [0, 0.05) is 12.6 Å². The van der Waals surface area contributed by atoms with Crippen molar-refractivity contribution in [2.24, 2.45) is 0 Å². The van der Waals surface area contributed by atoms with Gasteiger partial charge in [-0.1, -0.05) is 19.1 Å². The van der Waals surface area contributed by atoms with Crippen LogP contribution in [-0.2, 0) is 13.1 Å². The fraction of sp³-hybridized carbons (Fsp3) is 0.562. The van der Waals surface area contributed by atoms with Crippen LogP contribution in [0, 0.1) is 0 Å². The topological polar surface area (TPSA) is 56.1 Å². The quantitative estimate of drug-likeness (QED) is 0.820. The van der Waals surface area contributed by atoms with Crippen molar-refractivity contribution in [1.82, 2.24) is 25.1 Å². The highest BCUT2D eigenvalue weighted by Crippen LogP contribution is 2.34. The molecule has 2 aromatic rings. The highest BCUT2D eigenvalue weighted by Gasteiger charge is 2.27. The molecule has 3 rings (SSSR count). The Morgan fingerprint density at radius 1 is 1.36 bits per heavy atom. The molecule has 1 fully saturated rings. The molecule has 0 saturated carbocycles. The molecule has 1 unspecified atom stereocenters. The van der Waals surface area contributed by atoms with E-state index >= 15 is 0 Å². The van der Waals surface area contributed by atoms with Gasteiger partial charge in [0.2, 0.25) is 0 Å². The molecule has 0 bridgehead atoms. The normalized spacial score (nSPS) is 18.7. The van der Waals surface area contributed by atoms with E-state index in [0.717, 1.165) is 37.6 Å². The first-order chi connectivity index (χ1) is 10.8. The molecule has 6 nitrogen and oxygen atoms in total. The van der Waals surface area contributed by atoms with Gasteiger partial charge in [-0.3, -0.25) is 4.90 Å². The molecule has 1 atom stereocenters. The Balaban J connectivity index is 1.76. The number of methoxy groups -OCH3 is 1. The Morgan fingerprint density at radius 2 is 2.27 bits per heavy atom. The van der Waals surface area contributed by atoms with E-state index in [1.165, 1.54) is 18.4 Å². The summed E-state index contributed by atoms with van der Waals surface area (Å²) >= 11 is 0. The minimum absolute atomic E-state index is 0.418. The van der Waals surface area contributed by atoms with Crippen LogP contribution in [0.25, 0.3) is 0 Å². The van der Waals surface area contributed by atoms with Gasteiger partial charge in [-0.25, -0.2) is 4.68 Å². The minimum Gasteiger partial charge on any atom is -0.497 e. The predicted octanol–water partition coefficient (Wildman–Crippen LogP) is 2.43. The number of nitrogens with zero attached hydrogens (tertiary/aromatic N) is 5. The Bertz CT molecular complexity index is 612. The number of aryl methyl sites for hydroxylation is 1. The van der Waals surface area contributed by atoms with Crippen molar-refractivity contribution in [3.05, 3.63) is 35.7 Å². The van der Waals surface area contributed by atoms with Gasteiger partial charge >= 0.3 is 0 Å². The molecule has 1 aliphatic heterocycles. The second kappa shape index (κ2) is 6.87. The molecule has 1 aliphatic rings. The predicted molar refractivity (Wildman–Crippen MR) is 83.5 cm³/mol. The maximum absolute atomic E-state index is 5.35. The molecular formula is C16H23N5O. The molecular weight excluding hydrogens is 278 g/mol. The number of benzene rings is 1. The highest BCUT2D eigenvalue weighted by molar-refractivity contribution is 5.31. The first-order valence-corrected chi connectivity index (χ1v) is 7.95. The summed E-state index contributed by atoms with van der Waals surface area (Å²) in [6, 6.07) is 8.79. The molecule has 0 spiro atoms. The van der Waals surface area contributed by atoms with Gasteiger partial charge in [0.05, 0.1) is 13.7 Å². The maximum Gasteiger partial charge on any atom is 0.165 e. The Kier molecular flexibility index (Phi) is 4.68. The Hall–Kier alpha value is -1.95. The largest absolute Gasteiger partial charge is 0.497 e. The lowest BCUT2D eigenvalue weighted by molar-refractivity contribution is 0.236. The summed E-state index contributed by atoms with van der Waals surface area (Å²) in [6.07, 6.45) is 3.41. The maximum atomic E-state index is 5.35. The molecule has 0 radical (unpaired) electrons. The average molecular weight is 301 g/mol. The van der Waals surface area contributed by atoms with Crippen molar-refractivity contribution in [2.45, 2.75) is 45.3 Å². The lowest BCUT2D eigenvalue weighted by atomic mass is 10.0. The van der Waals surface area contributed by atoms with Gasteiger partial charge in [0.15, 0.2) is 5.82 Å².